The predicted octanol–water partition coefficient (Wildman–Crippen LogP) is 3.29. The van der Waals surface area contributed by atoms with Gasteiger partial charge in [-0.2, -0.15) is 9.67 Å². The van der Waals surface area contributed by atoms with E-state index in [2.05, 4.69) is 32.4 Å². The Morgan fingerprint density at radius 2 is 1.90 bits per heavy atom. The maximum absolute atomic E-state index is 12.9. The molecule has 5 rings (SSSR count). The monoisotopic (exact) mass is 433 g/mol. The lowest BCUT2D eigenvalue weighted by Gasteiger charge is -2.04. The molecule has 0 saturated carbocycles. The third-order valence-corrected chi connectivity index (χ3v) is 5.24. The number of fused-ring (bicyclic) bond motifs is 1. The van der Waals surface area contributed by atoms with E-state index in [1.165, 1.54) is 16.5 Å². The Kier molecular flexibility index (Phi) is 4.79. The summed E-state index contributed by atoms with van der Waals surface area (Å²) in [6.07, 6.45) is 2.36. The van der Waals surface area contributed by atoms with Crippen molar-refractivity contribution < 1.29 is 4.52 Å². The van der Waals surface area contributed by atoms with Crippen molar-refractivity contribution in [2.24, 2.45) is 0 Å². The summed E-state index contributed by atoms with van der Waals surface area (Å²) in [6, 6.07) is 15.1. The van der Waals surface area contributed by atoms with Gasteiger partial charge in [0.25, 0.3) is 5.56 Å². The fourth-order valence-electron chi connectivity index (χ4n) is 3.22. The summed E-state index contributed by atoms with van der Waals surface area (Å²) in [4.78, 5) is 21.6. The maximum Gasteiger partial charge on any atom is 0.284 e. The van der Waals surface area contributed by atoms with E-state index < -0.39 is 0 Å². The molecule has 0 bridgehead atoms. The van der Waals surface area contributed by atoms with E-state index in [4.69, 9.17) is 16.1 Å². The highest BCUT2D eigenvalue weighted by atomic mass is 35.5. The van der Waals surface area contributed by atoms with Crippen molar-refractivity contribution in [3.05, 3.63) is 81.7 Å². The number of rotatable bonds is 5. The third kappa shape index (κ3) is 3.49. The van der Waals surface area contributed by atoms with Gasteiger partial charge in [0.05, 0.1) is 10.7 Å². The molecule has 5 aromatic rings. The van der Waals surface area contributed by atoms with E-state index >= 15 is 0 Å². The molecule has 0 radical (unpaired) electrons. The molecule has 2 aromatic carbocycles. The second kappa shape index (κ2) is 7.77. The maximum atomic E-state index is 12.9. The highest BCUT2D eigenvalue weighted by Crippen LogP contribution is 2.25. The molecule has 0 atom stereocenters. The first-order chi connectivity index (χ1) is 15.1. The molecule has 9 nitrogen and oxygen atoms in total. The minimum absolute atomic E-state index is 0.0529. The lowest BCUT2D eigenvalue weighted by Crippen LogP contribution is -2.21. The molecule has 0 amide bonds. The SMILES string of the molecule is CCc1ccc(-n2nnc3c(=O)n(Cc4nc(-c5ccccc5Cl)no4)cnc32)cc1. The molecular weight excluding hydrogens is 418 g/mol. The standard InChI is InChI=1S/C21H16ClN7O2/c1-2-13-7-9-14(10-8-13)29-20-18(25-27-29)21(30)28(12-23-20)11-17-24-19(26-31-17)15-5-3-4-6-16(15)22/h3-10,12H,2,11H2,1H3. The van der Waals surface area contributed by atoms with E-state index in [-0.39, 0.29) is 23.5 Å². The highest BCUT2D eigenvalue weighted by Gasteiger charge is 2.16. The molecule has 0 N–H and O–H groups in total. The predicted molar refractivity (Wildman–Crippen MR) is 114 cm³/mol. The van der Waals surface area contributed by atoms with E-state index in [0.717, 1.165) is 12.1 Å². The Balaban J connectivity index is 1.46. The fraction of sp³-hybridized carbons (Fsp3) is 0.143. The van der Waals surface area contributed by atoms with Crippen LogP contribution >= 0.6 is 11.6 Å². The van der Waals surface area contributed by atoms with Gasteiger partial charge in [0.15, 0.2) is 11.2 Å². The van der Waals surface area contributed by atoms with Crippen LogP contribution < -0.4 is 5.56 Å². The Labute approximate surface area is 180 Å². The van der Waals surface area contributed by atoms with Crippen LogP contribution in [0.25, 0.3) is 28.2 Å². The van der Waals surface area contributed by atoms with Crippen LogP contribution in [0.1, 0.15) is 18.4 Å². The molecule has 0 aliphatic rings. The zero-order chi connectivity index (χ0) is 21.4. The van der Waals surface area contributed by atoms with E-state index in [9.17, 15) is 4.79 Å². The molecule has 0 unspecified atom stereocenters. The van der Waals surface area contributed by atoms with Crippen molar-refractivity contribution in [1.82, 2.24) is 34.7 Å². The van der Waals surface area contributed by atoms with Gasteiger partial charge < -0.3 is 4.52 Å². The van der Waals surface area contributed by atoms with Crippen molar-refractivity contribution in [1.29, 1.82) is 0 Å². The summed E-state index contributed by atoms with van der Waals surface area (Å²) in [5.41, 5.74) is 2.83. The molecule has 0 spiro atoms. The van der Waals surface area contributed by atoms with Crippen molar-refractivity contribution in [2.45, 2.75) is 19.9 Å². The second-order valence-electron chi connectivity index (χ2n) is 6.86. The lowest BCUT2D eigenvalue weighted by atomic mass is 10.1. The van der Waals surface area contributed by atoms with Crippen molar-refractivity contribution in [3.63, 3.8) is 0 Å². The summed E-state index contributed by atoms with van der Waals surface area (Å²) in [5.74, 6) is 0.602. The molecule has 0 aliphatic heterocycles. The first-order valence-electron chi connectivity index (χ1n) is 9.61. The fourth-order valence-corrected chi connectivity index (χ4v) is 3.44. The van der Waals surface area contributed by atoms with Gasteiger partial charge in [0.2, 0.25) is 11.7 Å². The van der Waals surface area contributed by atoms with Crippen LogP contribution in [0.3, 0.4) is 0 Å². The number of aryl methyl sites for hydroxylation is 1. The zero-order valence-electron chi connectivity index (χ0n) is 16.4. The largest absolute Gasteiger partial charge is 0.337 e. The Bertz CT molecular complexity index is 1440. The average molecular weight is 434 g/mol. The number of benzene rings is 2. The van der Waals surface area contributed by atoms with Crippen LogP contribution in [0.2, 0.25) is 5.02 Å². The topological polar surface area (TPSA) is 105 Å². The van der Waals surface area contributed by atoms with Crippen molar-refractivity contribution in [3.8, 4) is 17.1 Å². The summed E-state index contributed by atoms with van der Waals surface area (Å²) in [7, 11) is 0. The summed E-state index contributed by atoms with van der Waals surface area (Å²) in [6.45, 7) is 2.14. The molecule has 31 heavy (non-hydrogen) atoms. The second-order valence-corrected chi connectivity index (χ2v) is 7.27. The van der Waals surface area contributed by atoms with Crippen LogP contribution in [-0.4, -0.2) is 34.7 Å². The minimum atomic E-state index is -0.348. The normalized spacial score (nSPS) is 11.3. The third-order valence-electron chi connectivity index (χ3n) is 4.91. The van der Waals surface area contributed by atoms with Gasteiger partial charge in [0, 0.05) is 5.56 Å². The Morgan fingerprint density at radius 3 is 2.68 bits per heavy atom. The van der Waals surface area contributed by atoms with Crippen LogP contribution in [0.5, 0.6) is 0 Å². The van der Waals surface area contributed by atoms with E-state index in [1.807, 2.05) is 36.4 Å². The van der Waals surface area contributed by atoms with Gasteiger partial charge >= 0.3 is 0 Å². The van der Waals surface area contributed by atoms with Crippen LogP contribution in [-0.2, 0) is 13.0 Å². The van der Waals surface area contributed by atoms with Gasteiger partial charge in [-0.1, -0.05) is 53.2 Å². The molecular formula is C21H16ClN7O2. The van der Waals surface area contributed by atoms with Gasteiger partial charge in [-0.3, -0.25) is 9.36 Å². The van der Waals surface area contributed by atoms with Crippen LogP contribution in [0.4, 0.5) is 0 Å². The Hall–Kier alpha value is -3.85. The first kappa shape index (κ1) is 19.1. The van der Waals surface area contributed by atoms with Crippen LogP contribution in [0, 0.1) is 0 Å². The van der Waals surface area contributed by atoms with Crippen molar-refractivity contribution >= 4 is 22.8 Å². The smallest absolute Gasteiger partial charge is 0.284 e. The van der Waals surface area contributed by atoms with Gasteiger partial charge in [-0.25, -0.2) is 4.98 Å². The van der Waals surface area contributed by atoms with E-state index in [1.54, 1.807) is 16.8 Å². The van der Waals surface area contributed by atoms with Crippen LogP contribution in [0.15, 0.2) is 64.2 Å². The number of hydrogen-bond donors (Lipinski definition) is 0. The summed E-state index contributed by atoms with van der Waals surface area (Å²) >= 11 is 6.18. The highest BCUT2D eigenvalue weighted by molar-refractivity contribution is 6.33. The summed E-state index contributed by atoms with van der Waals surface area (Å²) in [5, 5.41) is 12.6. The quantitative estimate of drug-likeness (QED) is 0.418. The van der Waals surface area contributed by atoms with Gasteiger partial charge in [-0.15, -0.1) is 5.10 Å². The number of hydrogen-bond acceptors (Lipinski definition) is 7. The minimum Gasteiger partial charge on any atom is -0.337 e. The molecule has 3 aromatic heterocycles. The van der Waals surface area contributed by atoms with Crippen molar-refractivity contribution in [2.75, 3.05) is 0 Å². The number of nitrogens with zero attached hydrogens (tertiary/aromatic N) is 7. The van der Waals surface area contributed by atoms with Gasteiger partial charge in [-0.05, 0) is 36.2 Å². The summed E-state index contributed by atoms with van der Waals surface area (Å²) < 4.78 is 8.19. The molecule has 0 aliphatic carbocycles. The Morgan fingerprint density at radius 1 is 1.10 bits per heavy atom. The lowest BCUT2D eigenvalue weighted by molar-refractivity contribution is 0.369. The zero-order valence-corrected chi connectivity index (χ0v) is 17.2. The molecule has 154 valence electrons. The van der Waals surface area contributed by atoms with Gasteiger partial charge in [0.1, 0.15) is 12.9 Å². The average Bonchev–Trinajstić information content (AvgIpc) is 3.44. The first-order valence-corrected chi connectivity index (χ1v) is 9.99. The molecule has 10 heteroatoms. The molecule has 3 heterocycles. The number of aromatic nitrogens is 7. The van der Waals surface area contributed by atoms with E-state index in [0.29, 0.717) is 22.1 Å². The number of halogens is 1. The molecule has 0 saturated heterocycles. The molecule has 0 fully saturated rings.